The summed E-state index contributed by atoms with van der Waals surface area (Å²) >= 11 is 12.1. The number of ether oxygens (including phenoxy) is 1. The van der Waals surface area contributed by atoms with Crippen LogP contribution in [-0.2, 0) is 6.42 Å². The van der Waals surface area contributed by atoms with Gasteiger partial charge in [0.05, 0.1) is 17.2 Å². The fourth-order valence-corrected chi connectivity index (χ4v) is 4.58. The predicted molar refractivity (Wildman–Crippen MR) is 137 cm³/mol. The molecule has 34 heavy (non-hydrogen) atoms. The van der Waals surface area contributed by atoms with Gasteiger partial charge in [0.15, 0.2) is 0 Å². The maximum atomic E-state index is 13.1. The fraction of sp³-hybridized carbons (Fsp3) is 0.346. The SMILES string of the molecule is COc1ccc(Cc2c(C)nc(C)nc2N2CCCN(C(=O)c3ccc(Cl)c(Cl)c3)CC2)cc1. The molecule has 2 heterocycles. The lowest BCUT2D eigenvalue weighted by Crippen LogP contribution is -2.35. The molecule has 0 radical (unpaired) electrons. The Morgan fingerprint density at radius 3 is 2.44 bits per heavy atom. The normalized spacial score (nSPS) is 14.1. The second-order valence-electron chi connectivity index (χ2n) is 8.44. The Balaban J connectivity index is 1.54. The Kier molecular flexibility index (Phi) is 7.59. The molecule has 1 aliphatic heterocycles. The van der Waals surface area contributed by atoms with E-state index in [9.17, 15) is 4.79 Å². The third-order valence-electron chi connectivity index (χ3n) is 6.09. The molecule has 178 valence electrons. The van der Waals surface area contributed by atoms with Gasteiger partial charge in [-0.05, 0) is 56.2 Å². The monoisotopic (exact) mass is 498 g/mol. The number of hydrogen-bond acceptors (Lipinski definition) is 5. The molecule has 1 aromatic heterocycles. The minimum absolute atomic E-state index is 0.0334. The number of rotatable bonds is 5. The van der Waals surface area contributed by atoms with E-state index in [1.54, 1.807) is 25.3 Å². The average Bonchev–Trinajstić information content (AvgIpc) is 3.08. The zero-order valence-corrected chi connectivity index (χ0v) is 21.2. The van der Waals surface area contributed by atoms with Crippen LogP contribution in [0.5, 0.6) is 5.75 Å². The van der Waals surface area contributed by atoms with Gasteiger partial charge in [-0.1, -0.05) is 35.3 Å². The molecule has 0 spiro atoms. The first kappa shape index (κ1) is 24.3. The number of benzene rings is 2. The van der Waals surface area contributed by atoms with Gasteiger partial charge in [-0.2, -0.15) is 0 Å². The summed E-state index contributed by atoms with van der Waals surface area (Å²) in [6.45, 7) is 6.74. The molecule has 2 aromatic carbocycles. The van der Waals surface area contributed by atoms with Gasteiger partial charge in [0, 0.05) is 49.4 Å². The number of methoxy groups -OCH3 is 1. The summed E-state index contributed by atoms with van der Waals surface area (Å²) in [6, 6.07) is 13.1. The zero-order valence-electron chi connectivity index (χ0n) is 19.6. The van der Waals surface area contributed by atoms with Crippen LogP contribution in [0.3, 0.4) is 0 Å². The summed E-state index contributed by atoms with van der Waals surface area (Å²) in [5.41, 5.74) is 3.81. The number of aromatic nitrogens is 2. The predicted octanol–water partition coefficient (Wildman–Crippen LogP) is 5.35. The van der Waals surface area contributed by atoms with Crippen LogP contribution in [0.25, 0.3) is 0 Å². The second kappa shape index (κ2) is 10.6. The van der Waals surface area contributed by atoms with Crippen molar-refractivity contribution in [3.8, 4) is 5.75 Å². The first-order valence-electron chi connectivity index (χ1n) is 11.3. The van der Waals surface area contributed by atoms with E-state index < -0.39 is 0 Å². The van der Waals surface area contributed by atoms with Crippen LogP contribution in [0.15, 0.2) is 42.5 Å². The summed E-state index contributed by atoms with van der Waals surface area (Å²) in [5, 5.41) is 0.832. The molecule has 0 N–H and O–H groups in total. The van der Waals surface area contributed by atoms with Gasteiger partial charge in [0.1, 0.15) is 17.4 Å². The standard InChI is InChI=1S/C26H28Cl2N4O2/c1-17-22(15-19-5-8-21(34-3)9-6-19)25(30-18(2)29-17)31-11-4-12-32(14-13-31)26(33)20-7-10-23(27)24(28)16-20/h5-10,16H,4,11-15H2,1-3H3. The molecule has 1 fully saturated rings. The maximum Gasteiger partial charge on any atom is 0.253 e. The van der Waals surface area contributed by atoms with Crippen molar-refractivity contribution in [2.45, 2.75) is 26.7 Å². The van der Waals surface area contributed by atoms with Crippen LogP contribution in [0.1, 0.15) is 39.4 Å². The largest absolute Gasteiger partial charge is 0.497 e. The molecule has 4 rings (SSSR count). The van der Waals surface area contributed by atoms with Crippen LogP contribution in [0.4, 0.5) is 5.82 Å². The highest BCUT2D eigenvalue weighted by Crippen LogP contribution is 2.27. The number of nitrogens with zero attached hydrogens (tertiary/aromatic N) is 4. The van der Waals surface area contributed by atoms with Gasteiger partial charge in [-0.3, -0.25) is 4.79 Å². The first-order chi connectivity index (χ1) is 16.4. The lowest BCUT2D eigenvalue weighted by molar-refractivity contribution is 0.0767. The number of carbonyl (C=O) groups is 1. The van der Waals surface area contributed by atoms with E-state index in [1.807, 2.05) is 30.9 Å². The van der Waals surface area contributed by atoms with Crippen molar-refractivity contribution in [1.82, 2.24) is 14.9 Å². The van der Waals surface area contributed by atoms with E-state index >= 15 is 0 Å². The third-order valence-corrected chi connectivity index (χ3v) is 6.83. The summed E-state index contributed by atoms with van der Waals surface area (Å²) in [4.78, 5) is 26.7. The van der Waals surface area contributed by atoms with Gasteiger partial charge in [0.2, 0.25) is 0 Å². The fourth-order valence-electron chi connectivity index (χ4n) is 4.28. The molecule has 1 amide bonds. The molecule has 0 aliphatic carbocycles. The van der Waals surface area contributed by atoms with Crippen molar-refractivity contribution in [3.05, 3.63) is 80.7 Å². The summed E-state index contributed by atoms with van der Waals surface area (Å²) in [6.07, 6.45) is 1.57. The highest BCUT2D eigenvalue weighted by atomic mass is 35.5. The zero-order chi connectivity index (χ0) is 24.2. The van der Waals surface area contributed by atoms with E-state index in [0.717, 1.165) is 48.0 Å². The molecule has 0 atom stereocenters. The summed E-state index contributed by atoms with van der Waals surface area (Å²) in [7, 11) is 1.67. The van der Waals surface area contributed by atoms with Gasteiger partial charge in [-0.25, -0.2) is 9.97 Å². The molecule has 0 bridgehead atoms. The smallest absolute Gasteiger partial charge is 0.253 e. The minimum Gasteiger partial charge on any atom is -0.497 e. The molecule has 0 saturated carbocycles. The van der Waals surface area contributed by atoms with E-state index in [1.165, 1.54) is 5.56 Å². The highest BCUT2D eigenvalue weighted by molar-refractivity contribution is 6.42. The number of halogens is 2. The van der Waals surface area contributed by atoms with Crippen LogP contribution in [0, 0.1) is 13.8 Å². The van der Waals surface area contributed by atoms with Crippen molar-refractivity contribution in [3.63, 3.8) is 0 Å². The van der Waals surface area contributed by atoms with E-state index in [2.05, 4.69) is 22.0 Å². The average molecular weight is 499 g/mol. The van der Waals surface area contributed by atoms with Gasteiger partial charge in [-0.15, -0.1) is 0 Å². The van der Waals surface area contributed by atoms with Gasteiger partial charge >= 0.3 is 0 Å². The molecule has 1 saturated heterocycles. The van der Waals surface area contributed by atoms with Crippen molar-refractivity contribution in [2.24, 2.45) is 0 Å². The second-order valence-corrected chi connectivity index (χ2v) is 9.26. The van der Waals surface area contributed by atoms with Crippen LogP contribution < -0.4 is 9.64 Å². The minimum atomic E-state index is -0.0334. The number of amides is 1. The Hall–Kier alpha value is -2.83. The lowest BCUT2D eigenvalue weighted by Gasteiger charge is -2.26. The van der Waals surface area contributed by atoms with E-state index in [0.29, 0.717) is 35.2 Å². The Morgan fingerprint density at radius 2 is 1.74 bits per heavy atom. The Bertz CT molecular complexity index is 1180. The third kappa shape index (κ3) is 5.45. The Labute approximate surface area is 210 Å². The molecule has 1 aliphatic rings. The number of aryl methyl sites for hydroxylation is 2. The van der Waals surface area contributed by atoms with Crippen molar-refractivity contribution in [2.75, 3.05) is 38.2 Å². The topological polar surface area (TPSA) is 58.6 Å². The number of carbonyl (C=O) groups excluding carboxylic acids is 1. The lowest BCUT2D eigenvalue weighted by atomic mass is 10.0. The van der Waals surface area contributed by atoms with Gasteiger partial charge < -0.3 is 14.5 Å². The van der Waals surface area contributed by atoms with Crippen LogP contribution >= 0.6 is 23.2 Å². The quantitative estimate of drug-likeness (QED) is 0.474. The van der Waals surface area contributed by atoms with E-state index in [4.69, 9.17) is 32.9 Å². The number of hydrogen-bond donors (Lipinski definition) is 0. The number of anilines is 1. The summed E-state index contributed by atoms with van der Waals surface area (Å²) in [5.74, 6) is 2.50. The van der Waals surface area contributed by atoms with E-state index in [-0.39, 0.29) is 5.91 Å². The maximum absolute atomic E-state index is 13.1. The van der Waals surface area contributed by atoms with Crippen molar-refractivity contribution in [1.29, 1.82) is 0 Å². The van der Waals surface area contributed by atoms with Crippen LogP contribution in [-0.4, -0.2) is 54.1 Å². The van der Waals surface area contributed by atoms with Gasteiger partial charge in [0.25, 0.3) is 5.91 Å². The van der Waals surface area contributed by atoms with Crippen LogP contribution in [0.2, 0.25) is 10.0 Å². The van der Waals surface area contributed by atoms with Crippen molar-refractivity contribution >= 4 is 34.9 Å². The molecular weight excluding hydrogens is 471 g/mol. The Morgan fingerprint density at radius 1 is 0.971 bits per heavy atom. The summed E-state index contributed by atoms with van der Waals surface area (Å²) < 4.78 is 5.29. The molecule has 3 aromatic rings. The molecule has 8 heteroatoms. The molecular formula is C26H28Cl2N4O2. The molecule has 6 nitrogen and oxygen atoms in total. The highest BCUT2D eigenvalue weighted by Gasteiger charge is 2.24. The van der Waals surface area contributed by atoms with Crippen molar-refractivity contribution < 1.29 is 9.53 Å². The molecule has 0 unspecified atom stereocenters. The first-order valence-corrected chi connectivity index (χ1v) is 12.1.